The highest BCUT2D eigenvalue weighted by Crippen LogP contribution is 2.42. The third-order valence-corrected chi connectivity index (χ3v) is 4.55. The molecule has 1 aliphatic rings. The molecule has 1 atom stereocenters. The Morgan fingerprint density at radius 2 is 1.93 bits per heavy atom. The molecule has 8 nitrogen and oxygen atoms in total. The van der Waals surface area contributed by atoms with Crippen molar-refractivity contribution in [3.8, 4) is 5.75 Å². The fourth-order valence-electron chi connectivity index (χ4n) is 3.30. The van der Waals surface area contributed by atoms with Crippen molar-refractivity contribution in [3.63, 3.8) is 0 Å². The number of likely N-dealkylation sites (N-methyl/N-ethyl adjacent to an activating group) is 1. The molecule has 1 aromatic carbocycles. The van der Waals surface area contributed by atoms with Gasteiger partial charge in [0.1, 0.15) is 12.4 Å². The molecular formula is C21H28N2O6. The van der Waals surface area contributed by atoms with Gasteiger partial charge in [-0.3, -0.25) is 4.79 Å². The van der Waals surface area contributed by atoms with Crippen molar-refractivity contribution < 1.29 is 28.9 Å². The molecule has 1 aromatic rings. The number of rotatable bonds is 9. The predicted octanol–water partition coefficient (Wildman–Crippen LogP) is 1.23. The van der Waals surface area contributed by atoms with Crippen molar-refractivity contribution in [2.45, 2.75) is 19.8 Å². The number of benzene rings is 1. The summed E-state index contributed by atoms with van der Waals surface area (Å²) in [4.78, 5) is 25.6. The summed E-state index contributed by atoms with van der Waals surface area (Å²) in [5.74, 6) is -1.19. The summed E-state index contributed by atoms with van der Waals surface area (Å²) in [6.45, 7) is 3.93. The number of aliphatic hydroxyl groups is 1. The number of hydrogen-bond acceptors (Lipinski definition) is 7. The molecule has 1 unspecified atom stereocenters. The number of nitrogens with one attached hydrogen (secondary N) is 2. The van der Waals surface area contributed by atoms with E-state index in [0.717, 1.165) is 0 Å². The van der Waals surface area contributed by atoms with E-state index >= 15 is 0 Å². The zero-order valence-corrected chi connectivity index (χ0v) is 17.2. The topological polar surface area (TPSA) is 106 Å². The van der Waals surface area contributed by atoms with Crippen LogP contribution in [0.5, 0.6) is 5.75 Å². The van der Waals surface area contributed by atoms with Gasteiger partial charge in [-0.2, -0.15) is 0 Å². The maximum absolute atomic E-state index is 12.8. The zero-order chi connectivity index (χ0) is 21.4. The molecule has 29 heavy (non-hydrogen) atoms. The van der Waals surface area contributed by atoms with Crippen LogP contribution in [0.3, 0.4) is 0 Å². The summed E-state index contributed by atoms with van der Waals surface area (Å²) in [5.41, 5.74) is 2.00. The lowest BCUT2D eigenvalue weighted by Gasteiger charge is -2.32. The Bertz CT molecular complexity index is 815. The molecule has 0 fully saturated rings. The average molecular weight is 404 g/mol. The number of para-hydroxylation sites is 1. The van der Waals surface area contributed by atoms with Crippen LogP contribution in [0.1, 0.15) is 25.3 Å². The number of esters is 1. The van der Waals surface area contributed by atoms with Gasteiger partial charge in [0, 0.05) is 25.4 Å². The predicted molar refractivity (Wildman–Crippen MR) is 107 cm³/mol. The first-order valence-electron chi connectivity index (χ1n) is 9.41. The van der Waals surface area contributed by atoms with E-state index in [-0.39, 0.29) is 18.8 Å². The number of dihydropyridines is 1. The smallest absolute Gasteiger partial charge is 0.336 e. The van der Waals surface area contributed by atoms with Crippen molar-refractivity contribution >= 4 is 11.9 Å². The molecule has 0 bridgehead atoms. The molecule has 0 spiro atoms. The van der Waals surface area contributed by atoms with Crippen molar-refractivity contribution in [1.82, 2.24) is 10.6 Å². The highest BCUT2D eigenvalue weighted by atomic mass is 16.5. The van der Waals surface area contributed by atoms with E-state index in [9.17, 15) is 14.7 Å². The minimum atomic E-state index is -0.767. The second-order valence-corrected chi connectivity index (χ2v) is 6.33. The largest absolute Gasteiger partial charge is 0.491 e. The number of amides is 1. The van der Waals surface area contributed by atoms with Gasteiger partial charge in [0.25, 0.3) is 0 Å². The Balaban J connectivity index is 2.67. The van der Waals surface area contributed by atoms with E-state index in [4.69, 9.17) is 14.2 Å². The molecule has 8 heteroatoms. The summed E-state index contributed by atoms with van der Waals surface area (Å²) in [6.07, 6.45) is 0. The molecule has 1 heterocycles. The van der Waals surface area contributed by atoms with Crippen LogP contribution in [-0.4, -0.2) is 57.6 Å². The number of allylic oxidation sites excluding steroid dienone is 1. The van der Waals surface area contributed by atoms with Crippen LogP contribution in [0.25, 0.3) is 0 Å². The molecule has 0 radical (unpaired) electrons. The van der Waals surface area contributed by atoms with Crippen LogP contribution in [0.15, 0.2) is 46.8 Å². The molecule has 2 rings (SSSR count). The van der Waals surface area contributed by atoms with Crippen LogP contribution in [-0.2, 0) is 19.1 Å². The lowest BCUT2D eigenvalue weighted by atomic mass is 9.79. The Hall–Kier alpha value is -2.84. The summed E-state index contributed by atoms with van der Waals surface area (Å²) >= 11 is 0. The average Bonchev–Trinajstić information content (AvgIpc) is 2.73. The molecule has 1 amide bonds. The fraction of sp³-hybridized carbons (Fsp3) is 0.429. The Kier molecular flexibility index (Phi) is 8.23. The SMILES string of the molecule is CCOC(=O)C1=C(C)NC(CO)=C(C(=O)NC)C1c1ccccc1OCCOC. The van der Waals surface area contributed by atoms with Gasteiger partial charge in [0.05, 0.1) is 42.6 Å². The van der Waals surface area contributed by atoms with E-state index in [1.807, 2.05) is 6.07 Å². The third kappa shape index (κ3) is 4.96. The van der Waals surface area contributed by atoms with Crippen LogP contribution >= 0.6 is 0 Å². The van der Waals surface area contributed by atoms with E-state index < -0.39 is 17.8 Å². The summed E-state index contributed by atoms with van der Waals surface area (Å²) < 4.78 is 16.1. The summed E-state index contributed by atoms with van der Waals surface area (Å²) in [6, 6.07) is 7.18. The number of ether oxygens (including phenoxy) is 3. The first kappa shape index (κ1) is 22.4. The second-order valence-electron chi connectivity index (χ2n) is 6.33. The molecule has 0 saturated carbocycles. The third-order valence-electron chi connectivity index (χ3n) is 4.55. The second kappa shape index (κ2) is 10.6. The summed E-state index contributed by atoms with van der Waals surface area (Å²) in [5, 5.41) is 15.4. The van der Waals surface area contributed by atoms with E-state index in [2.05, 4.69) is 10.6 Å². The maximum atomic E-state index is 12.8. The van der Waals surface area contributed by atoms with Crippen molar-refractivity contribution in [2.24, 2.45) is 0 Å². The minimum absolute atomic E-state index is 0.195. The zero-order valence-electron chi connectivity index (χ0n) is 17.2. The Labute approximate surface area is 170 Å². The summed E-state index contributed by atoms with van der Waals surface area (Å²) in [7, 11) is 3.07. The minimum Gasteiger partial charge on any atom is -0.491 e. The monoisotopic (exact) mass is 404 g/mol. The van der Waals surface area contributed by atoms with Gasteiger partial charge in [-0.1, -0.05) is 18.2 Å². The molecular weight excluding hydrogens is 376 g/mol. The van der Waals surface area contributed by atoms with E-state index in [1.165, 1.54) is 7.05 Å². The van der Waals surface area contributed by atoms with Gasteiger partial charge in [0.2, 0.25) is 5.91 Å². The number of carbonyl (C=O) groups excluding carboxylic acids is 2. The first-order chi connectivity index (χ1) is 14.0. The quantitative estimate of drug-likeness (QED) is 0.420. The van der Waals surface area contributed by atoms with Crippen molar-refractivity contribution in [2.75, 3.05) is 40.6 Å². The molecule has 0 saturated heterocycles. The number of carbonyl (C=O) groups is 2. The van der Waals surface area contributed by atoms with Crippen LogP contribution in [0, 0.1) is 0 Å². The van der Waals surface area contributed by atoms with Crippen LogP contribution in [0.4, 0.5) is 0 Å². The van der Waals surface area contributed by atoms with Gasteiger partial charge in [-0.25, -0.2) is 4.79 Å². The normalized spacial score (nSPS) is 16.4. The molecule has 3 N–H and O–H groups in total. The van der Waals surface area contributed by atoms with Gasteiger partial charge in [-0.15, -0.1) is 0 Å². The van der Waals surface area contributed by atoms with Crippen molar-refractivity contribution in [1.29, 1.82) is 0 Å². The number of hydrogen-bond donors (Lipinski definition) is 3. The van der Waals surface area contributed by atoms with Crippen molar-refractivity contribution in [3.05, 3.63) is 52.4 Å². The number of methoxy groups -OCH3 is 1. The molecule has 158 valence electrons. The standard InChI is InChI=1S/C21H28N2O6/c1-5-28-21(26)17-13(2)23-15(12-24)19(20(25)22-3)18(17)14-8-6-7-9-16(14)29-11-10-27-4/h6-9,18,23-24H,5,10-12H2,1-4H3,(H,22,25). The lowest BCUT2D eigenvalue weighted by molar-refractivity contribution is -0.138. The Morgan fingerprint density at radius 1 is 1.21 bits per heavy atom. The van der Waals surface area contributed by atoms with Gasteiger partial charge < -0.3 is 30.0 Å². The number of aliphatic hydroxyl groups excluding tert-OH is 1. The van der Waals surface area contributed by atoms with Gasteiger partial charge >= 0.3 is 5.97 Å². The van der Waals surface area contributed by atoms with Gasteiger partial charge in [-0.05, 0) is 19.9 Å². The molecule has 0 aromatic heterocycles. The highest BCUT2D eigenvalue weighted by molar-refractivity contribution is 6.02. The highest BCUT2D eigenvalue weighted by Gasteiger charge is 2.39. The van der Waals surface area contributed by atoms with Gasteiger partial charge in [0.15, 0.2) is 0 Å². The maximum Gasteiger partial charge on any atom is 0.336 e. The van der Waals surface area contributed by atoms with Crippen LogP contribution < -0.4 is 15.4 Å². The lowest BCUT2D eigenvalue weighted by Crippen LogP contribution is -2.37. The van der Waals surface area contributed by atoms with Crippen LogP contribution in [0.2, 0.25) is 0 Å². The molecule has 0 aliphatic carbocycles. The molecule has 1 aliphatic heterocycles. The Morgan fingerprint density at radius 3 is 2.55 bits per heavy atom. The van der Waals surface area contributed by atoms with E-state index in [1.54, 1.807) is 39.2 Å². The fourth-order valence-corrected chi connectivity index (χ4v) is 3.30. The first-order valence-corrected chi connectivity index (χ1v) is 9.41. The van der Waals surface area contributed by atoms with E-state index in [0.29, 0.717) is 41.5 Å².